The van der Waals surface area contributed by atoms with Crippen LogP contribution < -0.4 is 15.8 Å². The Morgan fingerprint density at radius 2 is 2.00 bits per heavy atom. The molecular formula is C25H26ClFN4O2. The summed E-state index contributed by atoms with van der Waals surface area (Å²) in [5.74, 6) is 0.413. The minimum absolute atomic E-state index is 0.0710. The zero-order chi connectivity index (χ0) is 23.7. The van der Waals surface area contributed by atoms with Crippen LogP contribution in [0.2, 0.25) is 5.02 Å². The number of ether oxygens (including phenoxy) is 1. The number of rotatable bonds is 6. The zero-order valence-corrected chi connectivity index (χ0v) is 19.5. The number of carbonyl (C=O) groups excluding carboxylic acids is 1. The monoisotopic (exact) mass is 468 g/mol. The van der Waals surface area contributed by atoms with E-state index in [1.165, 1.54) is 28.4 Å². The molecule has 1 aromatic heterocycles. The predicted molar refractivity (Wildman–Crippen MR) is 129 cm³/mol. The van der Waals surface area contributed by atoms with Crippen LogP contribution in [0.1, 0.15) is 54.2 Å². The maximum atomic E-state index is 13.5. The summed E-state index contributed by atoms with van der Waals surface area (Å²) in [4.78, 5) is 13.1. The Bertz CT molecular complexity index is 1220. The SMILES string of the molecule is CC(C)Oc1ccc(C2CC=C(c3nn(C)c(N)c3C(=O)Nc3ccc(F)c(Cl)c3)C2)cc1. The maximum absolute atomic E-state index is 13.5. The maximum Gasteiger partial charge on any atom is 0.261 e. The number of anilines is 2. The van der Waals surface area contributed by atoms with Crippen molar-refractivity contribution in [2.24, 2.45) is 7.05 Å². The third-order valence-corrected chi connectivity index (χ3v) is 5.93. The smallest absolute Gasteiger partial charge is 0.261 e. The van der Waals surface area contributed by atoms with Gasteiger partial charge in [0.05, 0.1) is 11.1 Å². The molecule has 0 radical (unpaired) electrons. The molecule has 3 N–H and O–H groups in total. The molecule has 2 aromatic carbocycles. The Balaban J connectivity index is 1.53. The molecule has 1 aliphatic rings. The molecule has 1 atom stereocenters. The van der Waals surface area contributed by atoms with E-state index < -0.39 is 11.7 Å². The van der Waals surface area contributed by atoms with E-state index in [2.05, 4.69) is 28.6 Å². The van der Waals surface area contributed by atoms with Crippen molar-refractivity contribution in [1.29, 1.82) is 0 Å². The molecule has 1 heterocycles. The normalized spacial score (nSPS) is 15.6. The summed E-state index contributed by atoms with van der Waals surface area (Å²) in [6.45, 7) is 4.00. The first-order valence-corrected chi connectivity index (χ1v) is 11.2. The number of nitrogens with zero attached hydrogens (tertiary/aromatic N) is 2. The lowest BCUT2D eigenvalue weighted by molar-refractivity contribution is 0.102. The van der Waals surface area contributed by atoms with Gasteiger partial charge in [-0.3, -0.25) is 9.48 Å². The van der Waals surface area contributed by atoms with E-state index in [9.17, 15) is 9.18 Å². The van der Waals surface area contributed by atoms with Crippen molar-refractivity contribution in [1.82, 2.24) is 9.78 Å². The molecule has 1 aliphatic carbocycles. The number of carbonyl (C=O) groups is 1. The van der Waals surface area contributed by atoms with Gasteiger partial charge < -0.3 is 15.8 Å². The Labute approximate surface area is 197 Å². The second-order valence-electron chi connectivity index (χ2n) is 8.42. The van der Waals surface area contributed by atoms with Crippen LogP contribution in [0.3, 0.4) is 0 Å². The fraction of sp³-hybridized carbons (Fsp3) is 0.280. The van der Waals surface area contributed by atoms with Crippen LogP contribution in [-0.2, 0) is 7.05 Å². The van der Waals surface area contributed by atoms with Gasteiger partial charge in [0, 0.05) is 12.7 Å². The van der Waals surface area contributed by atoms with E-state index in [-0.39, 0.29) is 22.9 Å². The number of nitrogens with two attached hydrogens (primary N) is 1. The van der Waals surface area contributed by atoms with Crippen LogP contribution in [0, 0.1) is 5.82 Å². The Morgan fingerprint density at radius 1 is 1.27 bits per heavy atom. The molecule has 3 aromatic rings. The van der Waals surface area contributed by atoms with Crippen LogP contribution >= 0.6 is 11.6 Å². The molecule has 33 heavy (non-hydrogen) atoms. The van der Waals surface area contributed by atoms with Crippen molar-refractivity contribution in [2.75, 3.05) is 11.1 Å². The third-order valence-electron chi connectivity index (χ3n) is 5.64. The number of benzene rings is 2. The number of amides is 1. The molecule has 172 valence electrons. The number of halogens is 2. The summed E-state index contributed by atoms with van der Waals surface area (Å²) in [6.07, 6.45) is 3.81. The van der Waals surface area contributed by atoms with E-state index in [1.54, 1.807) is 7.05 Å². The highest BCUT2D eigenvalue weighted by Crippen LogP contribution is 2.40. The van der Waals surface area contributed by atoms with Crippen molar-refractivity contribution in [3.05, 3.63) is 76.2 Å². The largest absolute Gasteiger partial charge is 0.491 e. The first-order valence-electron chi connectivity index (χ1n) is 10.8. The van der Waals surface area contributed by atoms with Crippen LogP contribution in [-0.4, -0.2) is 21.8 Å². The number of nitrogens with one attached hydrogen (secondary N) is 1. The number of hydrogen-bond acceptors (Lipinski definition) is 4. The Kier molecular flexibility index (Phi) is 6.42. The molecule has 0 bridgehead atoms. The summed E-state index contributed by atoms with van der Waals surface area (Å²) in [7, 11) is 1.70. The lowest BCUT2D eigenvalue weighted by Crippen LogP contribution is -2.15. The Morgan fingerprint density at radius 3 is 2.67 bits per heavy atom. The average molecular weight is 469 g/mol. The Hall–Kier alpha value is -3.32. The molecule has 4 rings (SSSR count). The average Bonchev–Trinajstić information content (AvgIpc) is 3.36. The molecule has 8 heteroatoms. The molecule has 6 nitrogen and oxygen atoms in total. The van der Waals surface area contributed by atoms with E-state index in [0.717, 1.165) is 24.2 Å². The third kappa shape index (κ3) is 4.88. The van der Waals surface area contributed by atoms with Crippen molar-refractivity contribution < 1.29 is 13.9 Å². The summed E-state index contributed by atoms with van der Waals surface area (Å²) < 4.78 is 20.7. The van der Waals surface area contributed by atoms with Crippen LogP contribution in [0.15, 0.2) is 48.5 Å². The van der Waals surface area contributed by atoms with Gasteiger partial charge in [0.15, 0.2) is 0 Å². The van der Waals surface area contributed by atoms with Gasteiger partial charge in [0.25, 0.3) is 5.91 Å². The molecule has 0 saturated carbocycles. The standard InChI is InChI=1S/C25H26ClFN4O2/c1-14(2)33-19-9-6-15(7-10-19)16-4-5-17(12-16)23-22(24(28)31(3)30-23)25(32)29-18-8-11-21(27)20(26)13-18/h5-11,13-14,16H,4,12,28H2,1-3H3,(H,29,32). The highest BCUT2D eigenvalue weighted by molar-refractivity contribution is 6.31. The van der Waals surface area contributed by atoms with E-state index in [4.69, 9.17) is 22.1 Å². The van der Waals surface area contributed by atoms with E-state index in [1.807, 2.05) is 26.0 Å². The van der Waals surface area contributed by atoms with Crippen molar-refractivity contribution in [2.45, 2.75) is 38.7 Å². The second-order valence-corrected chi connectivity index (χ2v) is 8.82. The van der Waals surface area contributed by atoms with Crippen molar-refractivity contribution >= 4 is 34.6 Å². The molecule has 0 aliphatic heterocycles. The molecular weight excluding hydrogens is 443 g/mol. The molecule has 1 amide bonds. The van der Waals surface area contributed by atoms with Gasteiger partial charge >= 0.3 is 0 Å². The highest BCUT2D eigenvalue weighted by atomic mass is 35.5. The zero-order valence-electron chi connectivity index (χ0n) is 18.7. The topological polar surface area (TPSA) is 82.2 Å². The molecule has 1 unspecified atom stereocenters. The van der Waals surface area contributed by atoms with Gasteiger partial charge in [-0.15, -0.1) is 0 Å². The first kappa shape index (κ1) is 22.9. The van der Waals surface area contributed by atoms with E-state index in [0.29, 0.717) is 16.9 Å². The van der Waals surface area contributed by atoms with Crippen LogP contribution in [0.4, 0.5) is 15.9 Å². The van der Waals surface area contributed by atoms with Crippen LogP contribution in [0.25, 0.3) is 5.57 Å². The number of aromatic nitrogens is 2. The lowest BCUT2D eigenvalue weighted by Gasteiger charge is -2.14. The van der Waals surface area contributed by atoms with Crippen molar-refractivity contribution in [3.8, 4) is 5.75 Å². The van der Waals surface area contributed by atoms with Crippen LogP contribution in [0.5, 0.6) is 5.75 Å². The quantitative estimate of drug-likeness (QED) is 0.479. The van der Waals surface area contributed by atoms with E-state index >= 15 is 0 Å². The summed E-state index contributed by atoms with van der Waals surface area (Å²) >= 11 is 5.84. The van der Waals surface area contributed by atoms with Gasteiger partial charge in [0.2, 0.25) is 0 Å². The molecule has 0 spiro atoms. The lowest BCUT2D eigenvalue weighted by atomic mass is 9.94. The summed E-state index contributed by atoms with van der Waals surface area (Å²) in [5.41, 5.74) is 9.60. The fourth-order valence-corrected chi connectivity index (χ4v) is 4.19. The molecule has 0 saturated heterocycles. The van der Waals surface area contributed by atoms with Gasteiger partial charge in [-0.25, -0.2) is 4.39 Å². The van der Waals surface area contributed by atoms with Gasteiger partial charge in [0.1, 0.15) is 28.6 Å². The summed E-state index contributed by atoms with van der Waals surface area (Å²) in [6, 6.07) is 12.1. The first-order chi connectivity index (χ1) is 15.7. The summed E-state index contributed by atoms with van der Waals surface area (Å²) in [5, 5.41) is 7.19. The minimum atomic E-state index is -0.554. The predicted octanol–water partition coefficient (Wildman–Crippen LogP) is 5.80. The fourth-order valence-electron chi connectivity index (χ4n) is 4.01. The van der Waals surface area contributed by atoms with Gasteiger partial charge in [-0.05, 0) is 74.1 Å². The number of aryl methyl sites for hydroxylation is 1. The number of allylic oxidation sites excluding steroid dienone is 2. The minimum Gasteiger partial charge on any atom is -0.491 e. The molecule has 0 fully saturated rings. The highest BCUT2D eigenvalue weighted by Gasteiger charge is 2.28. The van der Waals surface area contributed by atoms with Gasteiger partial charge in [-0.2, -0.15) is 5.10 Å². The van der Waals surface area contributed by atoms with Crippen molar-refractivity contribution in [3.63, 3.8) is 0 Å². The second kappa shape index (κ2) is 9.27. The number of hydrogen-bond donors (Lipinski definition) is 2. The number of nitrogen functional groups attached to an aromatic ring is 1. The van der Waals surface area contributed by atoms with Gasteiger partial charge in [-0.1, -0.05) is 29.8 Å².